The van der Waals surface area contributed by atoms with Gasteiger partial charge in [-0.2, -0.15) is 0 Å². The van der Waals surface area contributed by atoms with Crippen molar-refractivity contribution in [1.29, 1.82) is 0 Å². The second-order valence-corrected chi connectivity index (χ2v) is 8.00. The number of rotatable bonds is 8. The minimum Gasteiger partial charge on any atom is -0.449 e. The number of anilines is 1. The van der Waals surface area contributed by atoms with Crippen molar-refractivity contribution >= 4 is 40.2 Å². The molecule has 7 nitrogen and oxygen atoms in total. The van der Waals surface area contributed by atoms with E-state index in [0.29, 0.717) is 11.4 Å². The number of halogens is 2. The molecule has 32 heavy (non-hydrogen) atoms. The average molecular weight is 457 g/mol. The Morgan fingerprint density at radius 3 is 2.81 bits per heavy atom. The van der Waals surface area contributed by atoms with Gasteiger partial charge >= 0.3 is 6.09 Å². The Hall–Kier alpha value is -3.23. The van der Waals surface area contributed by atoms with E-state index in [0.717, 1.165) is 17.2 Å². The molecule has 2 amide bonds. The molecule has 0 spiro atoms. The van der Waals surface area contributed by atoms with E-state index in [1.54, 1.807) is 24.4 Å². The molecule has 0 radical (unpaired) electrons. The summed E-state index contributed by atoms with van der Waals surface area (Å²) >= 11 is 5.89. The van der Waals surface area contributed by atoms with Gasteiger partial charge in [0.05, 0.1) is 18.2 Å². The zero-order valence-electron chi connectivity index (χ0n) is 17.1. The lowest BCUT2D eigenvalue weighted by Gasteiger charge is -2.09. The maximum absolute atomic E-state index is 13.4. The summed E-state index contributed by atoms with van der Waals surface area (Å²) in [4.78, 5) is 28.3. The van der Waals surface area contributed by atoms with Crippen molar-refractivity contribution in [2.24, 2.45) is 5.92 Å². The molecule has 3 aromatic rings. The summed E-state index contributed by atoms with van der Waals surface area (Å²) in [6.45, 7) is 0.561. The van der Waals surface area contributed by atoms with Crippen LogP contribution >= 0.6 is 11.6 Å². The molecule has 1 fully saturated rings. The predicted octanol–water partition coefficient (Wildman–Crippen LogP) is 3.87. The van der Waals surface area contributed by atoms with Gasteiger partial charge in [-0.15, -0.1) is 0 Å². The Bertz CT molecular complexity index is 1140. The van der Waals surface area contributed by atoms with Crippen LogP contribution in [0.25, 0.3) is 10.8 Å². The molecule has 3 N–H and O–H groups in total. The van der Waals surface area contributed by atoms with Crippen LogP contribution in [0.3, 0.4) is 0 Å². The van der Waals surface area contributed by atoms with Gasteiger partial charge in [0, 0.05) is 30.1 Å². The minimum absolute atomic E-state index is 0.0337. The largest absolute Gasteiger partial charge is 0.449 e. The van der Waals surface area contributed by atoms with Crippen molar-refractivity contribution in [3.8, 4) is 0 Å². The van der Waals surface area contributed by atoms with Gasteiger partial charge in [-0.05, 0) is 29.5 Å². The molecule has 0 unspecified atom stereocenters. The zero-order chi connectivity index (χ0) is 22.5. The fourth-order valence-electron chi connectivity index (χ4n) is 3.34. The first-order valence-corrected chi connectivity index (χ1v) is 10.6. The number of benzene rings is 2. The van der Waals surface area contributed by atoms with Crippen LogP contribution in [0.1, 0.15) is 12.0 Å². The molecule has 9 heteroatoms. The van der Waals surface area contributed by atoms with E-state index in [1.807, 2.05) is 24.3 Å². The van der Waals surface area contributed by atoms with Crippen molar-refractivity contribution in [3.63, 3.8) is 0 Å². The molecule has 1 aromatic heterocycles. The van der Waals surface area contributed by atoms with Crippen molar-refractivity contribution < 1.29 is 18.7 Å². The van der Waals surface area contributed by atoms with Gasteiger partial charge in [0.2, 0.25) is 5.91 Å². The number of hydrogen-bond acceptors (Lipinski definition) is 5. The Kier molecular flexibility index (Phi) is 6.82. The summed E-state index contributed by atoms with van der Waals surface area (Å²) in [5.74, 6) is -0.183. The lowest BCUT2D eigenvalue weighted by molar-refractivity contribution is -0.120. The van der Waals surface area contributed by atoms with Gasteiger partial charge in [0.25, 0.3) is 0 Å². The Labute approximate surface area is 189 Å². The van der Waals surface area contributed by atoms with Gasteiger partial charge in [-0.3, -0.25) is 10.1 Å². The van der Waals surface area contributed by atoms with Crippen LogP contribution < -0.4 is 16.0 Å². The van der Waals surface area contributed by atoms with Crippen LogP contribution in [0.2, 0.25) is 5.02 Å². The van der Waals surface area contributed by atoms with Gasteiger partial charge in [0.15, 0.2) is 0 Å². The molecule has 2 atom stereocenters. The minimum atomic E-state index is -0.585. The number of hydrogen-bond donors (Lipinski definition) is 3. The summed E-state index contributed by atoms with van der Waals surface area (Å²) in [6, 6.07) is 14.0. The van der Waals surface area contributed by atoms with E-state index in [4.69, 9.17) is 16.3 Å². The Balaban J connectivity index is 1.14. The SMILES string of the molecule is O=C(CNCc1cccc(F)c1Cl)N[C@@H]1C[C@@H]1COC(=O)Nc1cc2ccccc2cn1. The molecular formula is C23H22ClFN4O3. The quantitative estimate of drug-likeness (QED) is 0.478. The standard InChI is InChI=1S/C23H22ClFN4O3/c24-22-16(6-3-7-18(22)25)10-26-12-21(30)28-19-8-17(19)13-32-23(31)29-20-9-14-4-1-2-5-15(14)11-27-20/h1-7,9,11,17,19,26H,8,10,12-13H2,(H,28,30)(H,27,29,31)/t17-,19-/m1/s1. The topological polar surface area (TPSA) is 92.4 Å². The molecule has 1 heterocycles. The third-order valence-corrected chi connectivity index (χ3v) is 5.61. The van der Waals surface area contributed by atoms with Gasteiger partial charge in [0.1, 0.15) is 11.6 Å². The lowest BCUT2D eigenvalue weighted by atomic mass is 10.2. The molecule has 166 valence electrons. The normalized spacial score (nSPS) is 17.1. The third kappa shape index (κ3) is 5.72. The first-order valence-electron chi connectivity index (χ1n) is 10.2. The van der Waals surface area contributed by atoms with E-state index >= 15 is 0 Å². The van der Waals surface area contributed by atoms with Crippen molar-refractivity contribution in [2.75, 3.05) is 18.5 Å². The number of carbonyl (C=O) groups is 2. The fourth-order valence-corrected chi connectivity index (χ4v) is 3.53. The van der Waals surface area contributed by atoms with Crippen LogP contribution in [0.4, 0.5) is 15.0 Å². The number of ether oxygens (including phenoxy) is 1. The van der Waals surface area contributed by atoms with Gasteiger partial charge < -0.3 is 15.4 Å². The molecule has 0 aliphatic heterocycles. The van der Waals surface area contributed by atoms with E-state index in [2.05, 4.69) is 20.9 Å². The molecule has 1 aliphatic rings. The summed E-state index contributed by atoms with van der Waals surface area (Å²) < 4.78 is 18.7. The smallest absolute Gasteiger partial charge is 0.412 e. The zero-order valence-corrected chi connectivity index (χ0v) is 17.9. The van der Waals surface area contributed by atoms with E-state index in [9.17, 15) is 14.0 Å². The first kappa shape index (κ1) is 22.0. The fraction of sp³-hybridized carbons (Fsp3) is 0.261. The maximum Gasteiger partial charge on any atom is 0.412 e. The number of nitrogens with zero attached hydrogens (tertiary/aromatic N) is 1. The third-order valence-electron chi connectivity index (χ3n) is 5.19. The highest BCUT2D eigenvalue weighted by Gasteiger charge is 2.39. The van der Waals surface area contributed by atoms with Crippen LogP contribution in [0, 0.1) is 11.7 Å². The number of aromatic nitrogens is 1. The highest BCUT2D eigenvalue weighted by Crippen LogP contribution is 2.30. The Morgan fingerprint density at radius 1 is 1.16 bits per heavy atom. The van der Waals surface area contributed by atoms with Crippen molar-refractivity contribution in [1.82, 2.24) is 15.6 Å². The van der Waals surface area contributed by atoms with E-state index in [1.165, 1.54) is 6.07 Å². The summed E-state index contributed by atoms with van der Waals surface area (Å²) in [5, 5.41) is 10.4. The monoisotopic (exact) mass is 456 g/mol. The molecule has 4 rings (SSSR count). The predicted molar refractivity (Wildman–Crippen MR) is 120 cm³/mol. The maximum atomic E-state index is 13.4. The lowest BCUT2D eigenvalue weighted by Crippen LogP contribution is -2.36. The number of nitrogens with one attached hydrogen (secondary N) is 3. The molecule has 1 saturated carbocycles. The van der Waals surface area contributed by atoms with Crippen LogP contribution in [0.15, 0.2) is 54.7 Å². The second-order valence-electron chi connectivity index (χ2n) is 7.63. The number of carbonyl (C=O) groups excluding carboxylic acids is 2. The van der Waals surface area contributed by atoms with Gasteiger partial charge in [-0.1, -0.05) is 48.0 Å². The first-order chi connectivity index (χ1) is 15.5. The second kappa shape index (κ2) is 9.93. The van der Waals surface area contributed by atoms with Crippen LogP contribution in [-0.4, -0.2) is 36.2 Å². The van der Waals surface area contributed by atoms with E-state index in [-0.39, 0.29) is 42.6 Å². The number of amides is 2. The van der Waals surface area contributed by atoms with Crippen LogP contribution in [0.5, 0.6) is 0 Å². The number of pyridine rings is 1. The molecule has 0 bridgehead atoms. The van der Waals surface area contributed by atoms with Gasteiger partial charge in [-0.25, -0.2) is 14.2 Å². The van der Waals surface area contributed by atoms with Crippen molar-refractivity contribution in [2.45, 2.75) is 19.0 Å². The summed E-state index contributed by atoms with van der Waals surface area (Å²) in [5.41, 5.74) is 0.587. The van der Waals surface area contributed by atoms with Crippen molar-refractivity contribution in [3.05, 3.63) is 71.1 Å². The Morgan fingerprint density at radius 2 is 1.97 bits per heavy atom. The van der Waals surface area contributed by atoms with E-state index < -0.39 is 11.9 Å². The number of fused-ring (bicyclic) bond motifs is 1. The van der Waals surface area contributed by atoms with Crippen LogP contribution in [-0.2, 0) is 16.1 Å². The summed E-state index contributed by atoms with van der Waals surface area (Å²) in [6.07, 6.45) is 1.84. The molecule has 2 aromatic carbocycles. The average Bonchev–Trinajstić information content (AvgIpc) is 3.52. The molecule has 1 aliphatic carbocycles. The molecule has 0 saturated heterocycles. The summed E-state index contributed by atoms with van der Waals surface area (Å²) in [7, 11) is 0. The molecular weight excluding hydrogens is 435 g/mol. The highest BCUT2D eigenvalue weighted by molar-refractivity contribution is 6.31. The highest BCUT2D eigenvalue weighted by atomic mass is 35.5.